The molecule has 7 atom stereocenters. The van der Waals surface area contributed by atoms with Gasteiger partial charge in [-0.1, -0.05) is 20.3 Å². The number of nitrogens with two attached hydrogens (primary N) is 1. The Kier molecular flexibility index (Phi) is 8.73. The molecule has 1 aliphatic heterocycles. The van der Waals surface area contributed by atoms with Gasteiger partial charge in [0.05, 0.1) is 25.6 Å². The molecule has 12 nitrogen and oxygen atoms in total. The van der Waals surface area contributed by atoms with Crippen molar-refractivity contribution in [1.29, 1.82) is 0 Å². The minimum atomic E-state index is -2.27. The Labute approximate surface area is 161 Å². The zero-order valence-corrected chi connectivity index (χ0v) is 15.7. The topological polar surface area (TPSA) is 212 Å². The number of ether oxygens (including phenoxy) is 1. The maximum Gasteiger partial charge on any atom is 0.326 e. The predicted molar refractivity (Wildman–Crippen MR) is 93.5 cm³/mol. The number of carboxylic acid groups (broad SMARTS) is 1. The lowest BCUT2D eigenvalue weighted by Gasteiger charge is -2.42. The second-order valence-electron chi connectivity index (χ2n) is 6.97. The zero-order chi connectivity index (χ0) is 21.6. The van der Waals surface area contributed by atoms with E-state index in [-0.39, 0.29) is 5.92 Å². The summed E-state index contributed by atoms with van der Waals surface area (Å²) in [6, 6.07) is -2.53. The Hall–Kier alpha value is -1.83. The summed E-state index contributed by atoms with van der Waals surface area (Å²) >= 11 is 0. The van der Waals surface area contributed by atoms with Gasteiger partial charge in [0.1, 0.15) is 24.4 Å². The number of amides is 2. The number of carboxylic acids is 1. The summed E-state index contributed by atoms with van der Waals surface area (Å²) in [5, 5.41) is 53.6. The number of aliphatic hydroxyl groups is 4. The number of carbonyl (C=O) groups is 3. The average molecular weight is 407 g/mol. The van der Waals surface area contributed by atoms with Gasteiger partial charge in [-0.15, -0.1) is 0 Å². The fraction of sp³-hybridized carbons (Fsp3) is 0.812. The average Bonchev–Trinajstić information content (AvgIpc) is 2.62. The lowest BCUT2D eigenvalue weighted by atomic mass is 9.94. The molecule has 28 heavy (non-hydrogen) atoms. The maximum atomic E-state index is 12.6. The molecule has 1 fully saturated rings. The molecule has 0 aromatic rings. The molecular weight excluding hydrogens is 378 g/mol. The van der Waals surface area contributed by atoms with Gasteiger partial charge in [-0.05, 0) is 5.92 Å². The Bertz CT molecular complexity index is 576. The first-order chi connectivity index (χ1) is 12.9. The molecular formula is C16H29N3O9. The second-order valence-corrected chi connectivity index (χ2v) is 6.97. The molecule has 0 bridgehead atoms. The molecule has 1 unspecified atom stereocenters. The van der Waals surface area contributed by atoms with E-state index in [0.717, 1.165) is 0 Å². The van der Waals surface area contributed by atoms with Gasteiger partial charge in [0.15, 0.2) is 0 Å². The minimum Gasteiger partial charge on any atom is -0.480 e. The third kappa shape index (κ3) is 6.09. The number of aliphatic hydroxyl groups excluding tert-OH is 3. The van der Waals surface area contributed by atoms with Crippen molar-refractivity contribution in [2.45, 2.75) is 62.9 Å². The Morgan fingerprint density at radius 3 is 2.39 bits per heavy atom. The standard InChI is InChI=1S/C16H29N3O9/c1-3-7(2)11(14(24)19-8(15(25)26)4-10(17)21)18-6-16(27)13(23)12(22)9(20)5-28-16/h7-9,11-13,18,20,22-23,27H,3-6H2,1-2H3,(H2,17,21)(H,19,24)(H,25,26)/t7-,8-,9+,11-,12+,13-,16?/m0/s1. The quantitative estimate of drug-likeness (QED) is 0.177. The van der Waals surface area contributed by atoms with Gasteiger partial charge in [-0.3, -0.25) is 9.59 Å². The highest BCUT2D eigenvalue weighted by atomic mass is 16.6. The summed E-state index contributed by atoms with van der Waals surface area (Å²) in [5.74, 6) is -5.69. The minimum absolute atomic E-state index is 0.331. The Morgan fingerprint density at radius 1 is 1.29 bits per heavy atom. The first kappa shape index (κ1) is 24.2. The molecule has 12 heteroatoms. The van der Waals surface area contributed by atoms with Crippen LogP contribution in [0.15, 0.2) is 0 Å². The van der Waals surface area contributed by atoms with Crippen molar-refractivity contribution in [3.05, 3.63) is 0 Å². The fourth-order valence-corrected chi connectivity index (χ4v) is 2.75. The first-order valence-corrected chi connectivity index (χ1v) is 8.88. The molecule has 162 valence electrons. The highest BCUT2D eigenvalue weighted by Crippen LogP contribution is 2.24. The highest BCUT2D eigenvalue weighted by molar-refractivity contribution is 5.90. The summed E-state index contributed by atoms with van der Waals surface area (Å²) < 4.78 is 5.02. The molecule has 2 amide bonds. The molecule has 9 N–H and O–H groups in total. The molecule has 0 aromatic heterocycles. The van der Waals surface area contributed by atoms with Gasteiger partial charge in [0, 0.05) is 0 Å². The van der Waals surface area contributed by atoms with Crippen LogP contribution in [0.25, 0.3) is 0 Å². The normalized spacial score (nSPS) is 30.9. The van der Waals surface area contributed by atoms with E-state index in [1.165, 1.54) is 0 Å². The molecule has 0 spiro atoms. The van der Waals surface area contributed by atoms with E-state index < -0.39 is 73.5 Å². The van der Waals surface area contributed by atoms with Crippen LogP contribution in [0.1, 0.15) is 26.7 Å². The third-order valence-electron chi connectivity index (χ3n) is 4.77. The Balaban J connectivity index is 2.86. The van der Waals surface area contributed by atoms with E-state index in [2.05, 4.69) is 10.6 Å². The third-order valence-corrected chi connectivity index (χ3v) is 4.77. The van der Waals surface area contributed by atoms with Gasteiger partial charge in [-0.25, -0.2) is 4.79 Å². The van der Waals surface area contributed by atoms with Crippen molar-refractivity contribution >= 4 is 17.8 Å². The summed E-state index contributed by atoms with van der Waals surface area (Å²) in [5.41, 5.74) is 4.99. The summed E-state index contributed by atoms with van der Waals surface area (Å²) in [7, 11) is 0. The molecule has 1 saturated heterocycles. The van der Waals surface area contributed by atoms with Crippen LogP contribution < -0.4 is 16.4 Å². The van der Waals surface area contributed by atoms with Crippen molar-refractivity contribution in [1.82, 2.24) is 10.6 Å². The van der Waals surface area contributed by atoms with Crippen LogP contribution in [-0.2, 0) is 19.1 Å². The van der Waals surface area contributed by atoms with Gasteiger partial charge >= 0.3 is 5.97 Å². The van der Waals surface area contributed by atoms with E-state index in [9.17, 15) is 34.8 Å². The highest BCUT2D eigenvalue weighted by Gasteiger charge is 2.48. The van der Waals surface area contributed by atoms with E-state index in [0.29, 0.717) is 6.42 Å². The monoisotopic (exact) mass is 407 g/mol. The number of hydrogen-bond acceptors (Lipinski definition) is 9. The first-order valence-electron chi connectivity index (χ1n) is 8.88. The van der Waals surface area contributed by atoms with Crippen LogP contribution in [0.2, 0.25) is 0 Å². The van der Waals surface area contributed by atoms with Crippen molar-refractivity contribution in [3.8, 4) is 0 Å². The molecule has 0 aliphatic carbocycles. The SMILES string of the molecule is CC[C@H](C)[C@H](NCC1(O)OC[C@@H](O)[C@@H](O)[C@@H]1O)C(=O)N[C@@H](CC(N)=O)C(=O)O. The van der Waals surface area contributed by atoms with Gasteiger partial charge < -0.3 is 46.6 Å². The molecule has 0 aromatic carbocycles. The number of hydrogen-bond donors (Lipinski definition) is 8. The lowest BCUT2D eigenvalue weighted by molar-refractivity contribution is -0.318. The van der Waals surface area contributed by atoms with Crippen molar-refractivity contribution in [2.75, 3.05) is 13.2 Å². The maximum absolute atomic E-state index is 12.6. The van der Waals surface area contributed by atoms with Crippen LogP contribution in [-0.4, -0.2) is 92.7 Å². The summed E-state index contributed by atoms with van der Waals surface area (Å²) in [6.45, 7) is 2.55. The van der Waals surface area contributed by atoms with Crippen LogP contribution in [0.5, 0.6) is 0 Å². The van der Waals surface area contributed by atoms with Crippen molar-refractivity contribution in [3.63, 3.8) is 0 Å². The van der Waals surface area contributed by atoms with Crippen LogP contribution in [0.4, 0.5) is 0 Å². The molecule has 1 heterocycles. The van der Waals surface area contributed by atoms with Crippen LogP contribution in [0.3, 0.4) is 0 Å². The van der Waals surface area contributed by atoms with Gasteiger partial charge in [0.2, 0.25) is 17.6 Å². The van der Waals surface area contributed by atoms with E-state index in [1.807, 2.05) is 0 Å². The molecule has 1 aliphatic rings. The largest absolute Gasteiger partial charge is 0.480 e. The number of nitrogens with one attached hydrogen (secondary N) is 2. The number of primary amides is 1. The fourth-order valence-electron chi connectivity index (χ4n) is 2.75. The Morgan fingerprint density at radius 2 is 1.89 bits per heavy atom. The number of rotatable bonds is 10. The van der Waals surface area contributed by atoms with Gasteiger partial charge in [-0.2, -0.15) is 0 Å². The second kappa shape index (κ2) is 10.1. The molecule has 1 rings (SSSR count). The summed E-state index contributed by atoms with van der Waals surface area (Å²) in [4.78, 5) is 34.8. The van der Waals surface area contributed by atoms with Crippen LogP contribution >= 0.6 is 0 Å². The number of carbonyl (C=O) groups excluding carboxylic acids is 2. The molecule has 0 radical (unpaired) electrons. The van der Waals surface area contributed by atoms with E-state index in [4.69, 9.17) is 15.6 Å². The van der Waals surface area contributed by atoms with E-state index >= 15 is 0 Å². The summed E-state index contributed by atoms with van der Waals surface area (Å²) in [6.07, 6.45) is -4.96. The van der Waals surface area contributed by atoms with Gasteiger partial charge in [0.25, 0.3) is 0 Å². The van der Waals surface area contributed by atoms with Crippen molar-refractivity contribution in [2.24, 2.45) is 11.7 Å². The smallest absolute Gasteiger partial charge is 0.326 e. The molecule has 0 saturated carbocycles. The van der Waals surface area contributed by atoms with E-state index in [1.54, 1.807) is 13.8 Å². The number of aliphatic carboxylic acids is 1. The lowest BCUT2D eigenvalue weighted by Crippen LogP contribution is -2.66. The zero-order valence-electron chi connectivity index (χ0n) is 15.7. The predicted octanol–water partition coefficient (Wildman–Crippen LogP) is -3.76. The van der Waals surface area contributed by atoms with Crippen molar-refractivity contribution < 1.29 is 44.7 Å². The van der Waals surface area contributed by atoms with Crippen LogP contribution in [0, 0.1) is 5.92 Å².